The van der Waals surface area contributed by atoms with Crippen LogP contribution in [0.25, 0.3) is 0 Å². The highest BCUT2D eigenvalue weighted by Gasteiger charge is 2.17. The van der Waals surface area contributed by atoms with E-state index in [4.69, 9.17) is 0 Å². The number of rotatable bonds is 4. The van der Waals surface area contributed by atoms with E-state index in [1.807, 2.05) is 7.05 Å². The quantitative estimate of drug-likeness (QED) is 0.749. The van der Waals surface area contributed by atoms with E-state index in [0.29, 0.717) is 12.3 Å². The highest BCUT2D eigenvalue weighted by molar-refractivity contribution is 5.94. The van der Waals surface area contributed by atoms with Gasteiger partial charge in [0.15, 0.2) is 5.78 Å². The second-order valence-corrected chi connectivity index (χ2v) is 4.16. The highest BCUT2D eigenvalue weighted by atomic mass is 16.1. The summed E-state index contributed by atoms with van der Waals surface area (Å²) in [5.74, 6) is 0.893. The lowest BCUT2D eigenvalue weighted by atomic mass is 10.00. The lowest BCUT2D eigenvalue weighted by Gasteiger charge is -2.06. The molecule has 1 aromatic rings. The van der Waals surface area contributed by atoms with Crippen molar-refractivity contribution in [2.24, 2.45) is 13.0 Å². The van der Waals surface area contributed by atoms with Gasteiger partial charge in [-0.05, 0) is 37.9 Å². The number of Topliss-reactive ketones (excluding diaryl/α,β-unsaturated/α-hetero) is 1. The number of aromatic nitrogens is 2. The first kappa shape index (κ1) is 10.4. The van der Waals surface area contributed by atoms with Gasteiger partial charge in [-0.2, -0.15) is 5.10 Å². The van der Waals surface area contributed by atoms with Gasteiger partial charge in [0.2, 0.25) is 0 Å². The van der Waals surface area contributed by atoms with Crippen LogP contribution in [0.1, 0.15) is 29.8 Å². The van der Waals surface area contributed by atoms with Crippen LogP contribution >= 0.6 is 0 Å². The van der Waals surface area contributed by atoms with E-state index in [9.17, 15) is 4.79 Å². The lowest BCUT2D eigenvalue weighted by Crippen LogP contribution is -2.12. The van der Waals surface area contributed by atoms with Crippen molar-refractivity contribution in [3.63, 3.8) is 0 Å². The maximum Gasteiger partial charge on any atom is 0.180 e. The van der Waals surface area contributed by atoms with E-state index >= 15 is 0 Å². The zero-order chi connectivity index (χ0) is 10.7. The molecule has 0 bridgehead atoms. The van der Waals surface area contributed by atoms with Crippen molar-refractivity contribution < 1.29 is 4.79 Å². The van der Waals surface area contributed by atoms with Crippen LogP contribution in [0, 0.1) is 5.92 Å². The Morgan fingerprint density at radius 3 is 3.20 bits per heavy atom. The molecule has 1 N–H and O–H groups in total. The summed E-state index contributed by atoms with van der Waals surface area (Å²) in [5.41, 5.74) is 0.723. The minimum Gasteiger partial charge on any atom is -0.316 e. The zero-order valence-corrected chi connectivity index (χ0v) is 9.07. The van der Waals surface area contributed by atoms with Crippen LogP contribution in [0.3, 0.4) is 0 Å². The largest absolute Gasteiger partial charge is 0.316 e. The number of carbonyl (C=O) groups excluding carboxylic acids is 1. The number of carbonyl (C=O) groups is 1. The summed E-state index contributed by atoms with van der Waals surface area (Å²) in [6.45, 7) is 2.17. The van der Waals surface area contributed by atoms with Crippen LogP contribution in [-0.4, -0.2) is 28.7 Å². The van der Waals surface area contributed by atoms with E-state index in [2.05, 4.69) is 10.4 Å². The van der Waals surface area contributed by atoms with Gasteiger partial charge in [0.05, 0.1) is 0 Å². The van der Waals surface area contributed by atoms with Gasteiger partial charge in [-0.25, -0.2) is 0 Å². The monoisotopic (exact) mass is 207 g/mol. The summed E-state index contributed by atoms with van der Waals surface area (Å²) in [4.78, 5) is 11.8. The number of hydrogen-bond acceptors (Lipinski definition) is 3. The topological polar surface area (TPSA) is 46.9 Å². The minimum absolute atomic E-state index is 0.210. The number of nitrogens with zero attached hydrogens (tertiary/aromatic N) is 2. The molecule has 82 valence electrons. The van der Waals surface area contributed by atoms with Crippen LogP contribution in [0.4, 0.5) is 0 Å². The van der Waals surface area contributed by atoms with Gasteiger partial charge in [0, 0.05) is 19.7 Å². The van der Waals surface area contributed by atoms with Crippen molar-refractivity contribution in [2.75, 3.05) is 13.1 Å². The van der Waals surface area contributed by atoms with Crippen molar-refractivity contribution in [1.82, 2.24) is 15.1 Å². The summed E-state index contributed by atoms with van der Waals surface area (Å²) >= 11 is 0. The first-order chi connectivity index (χ1) is 7.27. The first-order valence-electron chi connectivity index (χ1n) is 5.49. The Hall–Kier alpha value is -1.16. The van der Waals surface area contributed by atoms with Crippen molar-refractivity contribution in [3.8, 4) is 0 Å². The van der Waals surface area contributed by atoms with Gasteiger partial charge in [-0.3, -0.25) is 9.48 Å². The Morgan fingerprint density at radius 1 is 1.73 bits per heavy atom. The summed E-state index contributed by atoms with van der Waals surface area (Å²) in [5, 5.41) is 7.31. The van der Waals surface area contributed by atoms with Gasteiger partial charge in [0.1, 0.15) is 5.69 Å². The normalized spacial score (nSPS) is 20.7. The fourth-order valence-electron chi connectivity index (χ4n) is 2.07. The standard InChI is InChI=1S/C11H17N3O/c1-14-10(5-7-13-14)11(15)3-2-9-4-6-12-8-9/h5,7,9,12H,2-4,6,8H2,1H3. The third kappa shape index (κ3) is 2.45. The third-order valence-electron chi connectivity index (χ3n) is 3.05. The maximum atomic E-state index is 11.8. The molecule has 0 spiro atoms. The second-order valence-electron chi connectivity index (χ2n) is 4.16. The molecular formula is C11H17N3O. The van der Waals surface area contributed by atoms with Gasteiger partial charge in [-0.1, -0.05) is 0 Å². The van der Waals surface area contributed by atoms with Gasteiger partial charge in [0.25, 0.3) is 0 Å². The van der Waals surface area contributed by atoms with Gasteiger partial charge in [-0.15, -0.1) is 0 Å². The van der Waals surface area contributed by atoms with Crippen molar-refractivity contribution in [3.05, 3.63) is 18.0 Å². The van der Waals surface area contributed by atoms with Crippen molar-refractivity contribution in [2.45, 2.75) is 19.3 Å². The molecule has 2 rings (SSSR count). The number of aryl methyl sites for hydroxylation is 1. The molecule has 1 aliphatic rings. The van der Waals surface area contributed by atoms with E-state index < -0.39 is 0 Å². The van der Waals surface area contributed by atoms with E-state index in [-0.39, 0.29) is 5.78 Å². The number of hydrogen-bond donors (Lipinski definition) is 1. The molecule has 0 amide bonds. The second kappa shape index (κ2) is 4.57. The molecule has 15 heavy (non-hydrogen) atoms. The predicted molar refractivity (Wildman–Crippen MR) is 57.7 cm³/mol. The average molecular weight is 207 g/mol. The molecule has 1 saturated heterocycles. The van der Waals surface area contributed by atoms with Crippen LogP contribution in [0.15, 0.2) is 12.3 Å². The van der Waals surface area contributed by atoms with Gasteiger partial charge < -0.3 is 5.32 Å². The molecule has 0 aromatic carbocycles. The molecule has 4 nitrogen and oxygen atoms in total. The van der Waals surface area contributed by atoms with Crippen molar-refractivity contribution >= 4 is 5.78 Å². The Morgan fingerprint density at radius 2 is 2.60 bits per heavy atom. The zero-order valence-electron chi connectivity index (χ0n) is 9.07. The minimum atomic E-state index is 0.210. The SMILES string of the molecule is Cn1nccc1C(=O)CCC1CCNC1. The molecule has 1 atom stereocenters. The van der Waals surface area contributed by atoms with Crippen LogP contribution in [-0.2, 0) is 7.05 Å². The fraction of sp³-hybridized carbons (Fsp3) is 0.636. The summed E-state index contributed by atoms with van der Waals surface area (Å²) in [6.07, 6.45) is 4.52. The molecule has 0 radical (unpaired) electrons. The first-order valence-corrected chi connectivity index (χ1v) is 5.49. The summed E-state index contributed by atoms with van der Waals surface area (Å²) in [6, 6.07) is 1.79. The smallest absolute Gasteiger partial charge is 0.180 e. The fourth-order valence-corrected chi connectivity index (χ4v) is 2.07. The van der Waals surface area contributed by atoms with E-state index in [0.717, 1.165) is 25.2 Å². The molecular weight excluding hydrogens is 190 g/mol. The van der Waals surface area contributed by atoms with Crippen molar-refractivity contribution in [1.29, 1.82) is 0 Å². The third-order valence-corrected chi connectivity index (χ3v) is 3.05. The van der Waals surface area contributed by atoms with Crippen LogP contribution in [0.5, 0.6) is 0 Å². The van der Waals surface area contributed by atoms with Gasteiger partial charge >= 0.3 is 0 Å². The van der Waals surface area contributed by atoms with E-state index in [1.165, 1.54) is 6.42 Å². The van der Waals surface area contributed by atoms with Crippen LogP contribution < -0.4 is 5.32 Å². The molecule has 1 unspecified atom stereocenters. The molecule has 1 aliphatic heterocycles. The Kier molecular flexibility index (Phi) is 3.16. The molecule has 1 fully saturated rings. The molecule has 0 aliphatic carbocycles. The Balaban J connectivity index is 1.84. The molecule has 1 aromatic heterocycles. The Bertz CT molecular complexity index is 339. The highest BCUT2D eigenvalue weighted by Crippen LogP contribution is 2.16. The molecule has 2 heterocycles. The molecule has 0 saturated carbocycles. The van der Waals surface area contributed by atoms with Crippen LogP contribution in [0.2, 0.25) is 0 Å². The maximum absolute atomic E-state index is 11.8. The van der Waals surface area contributed by atoms with E-state index in [1.54, 1.807) is 16.9 Å². The lowest BCUT2D eigenvalue weighted by molar-refractivity contribution is 0.0965. The predicted octanol–water partition coefficient (Wildman–Crippen LogP) is 0.992. The Labute approximate surface area is 89.7 Å². The summed E-state index contributed by atoms with van der Waals surface area (Å²) in [7, 11) is 1.81. The number of ketones is 1. The average Bonchev–Trinajstić information content (AvgIpc) is 2.84. The summed E-state index contributed by atoms with van der Waals surface area (Å²) < 4.78 is 1.65. The molecule has 4 heteroatoms. The number of nitrogens with one attached hydrogen (secondary N) is 1.